The van der Waals surface area contributed by atoms with Gasteiger partial charge in [-0.2, -0.15) is 0 Å². The van der Waals surface area contributed by atoms with Crippen molar-refractivity contribution < 1.29 is 14.7 Å². The molecule has 1 saturated heterocycles. The van der Waals surface area contributed by atoms with Crippen molar-refractivity contribution in [2.24, 2.45) is 0 Å². The van der Waals surface area contributed by atoms with Crippen molar-refractivity contribution >= 4 is 22.8 Å². The Bertz CT molecular complexity index is 709. The van der Waals surface area contributed by atoms with E-state index in [9.17, 15) is 9.59 Å². The van der Waals surface area contributed by atoms with Gasteiger partial charge in [0.05, 0.1) is 18.4 Å². The number of aliphatic carboxylic acids is 1. The van der Waals surface area contributed by atoms with Crippen LogP contribution in [0.15, 0.2) is 36.5 Å². The van der Waals surface area contributed by atoms with E-state index in [1.54, 1.807) is 11.1 Å². The Morgan fingerprint density at radius 3 is 2.91 bits per heavy atom. The van der Waals surface area contributed by atoms with E-state index in [0.29, 0.717) is 6.54 Å². The summed E-state index contributed by atoms with van der Waals surface area (Å²) in [5.74, 6) is -0.863. The number of rotatable bonds is 4. The average Bonchev–Trinajstić information content (AvgIpc) is 2.95. The van der Waals surface area contributed by atoms with Crippen LogP contribution in [0.3, 0.4) is 0 Å². The average molecular weight is 298 g/mol. The molecular weight excluding hydrogens is 280 g/mol. The number of likely N-dealkylation sites (tertiary alicyclic amines) is 1. The molecule has 1 aromatic heterocycles. The molecule has 2 heterocycles. The number of carboxylic acids is 1. The largest absolute Gasteiger partial charge is 0.481 e. The van der Waals surface area contributed by atoms with E-state index in [1.807, 2.05) is 30.3 Å². The number of para-hydroxylation sites is 1. The number of hydrogen-bond donors (Lipinski definition) is 1. The minimum atomic E-state index is -0.850. The second-order valence-electron chi connectivity index (χ2n) is 5.65. The molecule has 0 saturated carbocycles. The Morgan fingerprint density at radius 2 is 2.09 bits per heavy atom. The molecule has 1 N–H and O–H groups in total. The molecule has 5 nitrogen and oxygen atoms in total. The number of carbonyl (C=O) groups excluding carboxylic acids is 1. The molecule has 2 aromatic rings. The zero-order chi connectivity index (χ0) is 15.5. The van der Waals surface area contributed by atoms with Gasteiger partial charge in [0.1, 0.15) is 0 Å². The molecule has 1 amide bonds. The lowest BCUT2D eigenvalue weighted by molar-refractivity contribution is -0.139. The third kappa shape index (κ3) is 2.93. The number of amides is 1. The van der Waals surface area contributed by atoms with Crippen molar-refractivity contribution in [2.75, 3.05) is 6.54 Å². The molecule has 1 fully saturated rings. The van der Waals surface area contributed by atoms with Crippen molar-refractivity contribution in [3.05, 3.63) is 42.1 Å². The van der Waals surface area contributed by atoms with Gasteiger partial charge in [-0.1, -0.05) is 24.3 Å². The van der Waals surface area contributed by atoms with E-state index in [4.69, 9.17) is 5.11 Å². The molecule has 1 aliphatic heterocycles. The summed E-state index contributed by atoms with van der Waals surface area (Å²) >= 11 is 0. The Labute approximate surface area is 128 Å². The standard InChI is InChI=1S/C17H18N2O3/c20-15(19-9-3-7-14(19)11-16(21)22)10-13-5-1-4-12-6-2-8-18-17(12)13/h1-2,4-6,8,14H,3,7,9-11H2,(H,21,22). The van der Waals surface area contributed by atoms with Crippen LogP contribution < -0.4 is 0 Å². The molecule has 1 atom stereocenters. The molecule has 1 unspecified atom stereocenters. The molecule has 0 bridgehead atoms. The van der Waals surface area contributed by atoms with Crippen molar-refractivity contribution in [2.45, 2.75) is 31.7 Å². The number of nitrogens with zero attached hydrogens (tertiary/aromatic N) is 2. The van der Waals surface area contributed by atoms with Crippen LogP contribution in [0.4, 0.5) is 0 Å². The molecule has 114 valence electrons. The van der Waals surface area contributed by atoms with Gasteiger partial charge in [0, 0.05) is 24.2 Å². The smallest absolute Gasteiger partial charge is 0.305 e. The summed E-state index contributed by atoms with van der Waals surface area (Å²) in [5.41, 5.74) is 1.73. The molecule has 0 aliphatic carbocycles. The fraction of sp³-hybridized carbons (Fsp3) is 0.353. The van der Waals surface area contributed by atoms with Crippen molar-refractivity contribution in [3.63, 3.8) is 0 Å². The number of fused-ring (bicyclic) bond motifs is 1. The SMILES string of the molecule is O=C(O)CC1CCCN1C(=O)Cc1cccc2cccnc12. The third-order valence-electron chi connectivity index (χ3n) is 4.17. The number of carbonyl (C=O) groups is 2. The highest BCUT2D eigenvalue weighted by atomic mass is 16.4. The summed E-state index contributed by atoms with van der Waals surface area (Å²) in [4.78, 5) is 29.5. The third-order valence-corrected chi connectivity index (χ3v) is 4.17. The predicted molar refractivity (Wildman–Crippen MR) is 82.4 cm³/mol. The Hall–Kier alpha value is -2.43. The second-order valence-corrected chi connectivity index (χ2v) is 5.65. The summed E-state index contributed by atoms with van der Waals surface area (Å²) < 4.78 is 0. The summed E-state index contributed by atoms with van der Waals surface area (Å²) in [5, 5.41) is 9.97. The highest BCUT2D eigenvalue weighted by molar-refractivity contribution is 5.88. The first-order valence-corrected chi connectivity index (χ1v) is 7.49. The highest BCUT2D eigenvalue weighted by Crippen LogP contribution is 2.23. The quantitative estimate of drug-likeness (QED) is 0.939. The van der Waals surface area contributed by atoms with Gasteiger partial charge in [0.25, 0.3) is 0 Å². The van der Waals surface area contributed by atoms with Crippen LogP contribution in [-0.4, -0.2) is 39.5 Å². The molecule has 1 aromatic carbocycles. The molecular formula is C17H18N2O3. The van der Waals surface area contributed by atoms with E-state index < -0.39 is 5.97 Å². The lowest BCUT2D eigenvalue weighted by Crippen LogP contribution is -2.37. The van der Waals surface area contributed by atoms with Crippen LogP contribution in [-0.2, 0) is 16.0 Å². The van der Waals surface area contributed by atoms with Crippen LogP contribution in [0.1, 0.15) is 24.8 Å². The summed E-state index contributed by atoms with van der Waals surface area (Å²) in [6.45, 7) is 0.648. The molecule has 5 heteroatoms. The number of hydrogen-bond acceptors (Lipinski definition) is 3. The van der Waals surface area contributed by atoms with Crippen LogP contribution in [0.2, 0.25) is 0 Å². The van der Waals surface area contributed by atoms with Gasteiger partial charge in [-0.15, -0.1) is 0 Å². The molecule has 0 spiro atoms. The van der Waals surface area contributed by atoms with Crippen LogP contribution in [0.25, 0.3) is 10.9 Å². The zero-order valence-corrected chi connectivity index (χ0v) is 12.2. The van der Waals surface area contributed by atoms with E-state index in [1.165, 1.54) is 0 Å². The summed E-state index contributed by atoms with van der Waals surface area (Å²) in [6.07, 6.45) is 3.66. The van der Waals surface area contributed by atoms with E-state index >= 15 is 0 Å². The zero-order valence-electron chi connectivity index (χ0n) is 12.2. The monoisotopic (exact) mass is 298 g/mol. The first-order chi connectivity index (χ1) is 10.6. The van der Waals surface area contributed by atoms with Gasteiger partial charge in [-0.3, -0.25) is 14.6 Å². The predicted octanol–water partition coefficient (Wildman–Crippen LogP) is 2.24. The topological polar surface area (TPSA) is 70.5 Å². The Morgan fingerprint density at radius 1 is 1.27 bits per heavy atom. The minimum Gasteiger partial charge on any atom is -0.481 e. The number of benzene rings is 1. The first kappa shape index (κ1) is 14.5. The van der Waals surface area contributed by atoms with Gasteiger partial charge >= 0.3 is 5.97 Å². The lowest BCUT2D eigenvalue weighted by atomic mass is 10.1. The summed E-state index contributed by atoms with van der Waals surface area (Å²) in [7, 11) is 0. The maximum atomic E-state index is 12.6. The minimum absolute atomic E-state index is 0.0121. The Balaban J connectivity index is 1.79. The fourth-order valence-corrected chi connectivity index (χ4v) is 3.15. The number of aromatic nitrogens is 1. The van der Waals surface area contributed by atoms with E-state index in [-0.39, 0.29) is 24.8 Å². The van der Waals surface area contributed by atoms with Crippen molar-refractivity contribution in [1.82, 2.24) is 9.88 Å². The van der Waals surface area contributed by atoms with Gasteiger partial charge in [0.15, 0.2) is 0 Å². The molecule has 22 heavy (non-hydrogen) atoms. The number of carboxylic acid groups (broad SMARTS) is 1. The highest BCUT2D eigenvalue weighted by Gasteiger charge is 2.30. The van der Waals surface area contributed by atoms with Crippen LogP contribution in [0.5, 0.6) is 0 Å². The van der Waals surface area contributed by atoms with Crippen LogP contribution in [0, 0.1) is 0 Å². The Kier molecular flexibility index (Phi) is 4.04. The maximum Gasteiger partial charge on any atom is 0.305 e. The molecule has 3 rings (SSSR count). The van der Waals surface area contributed by atoms with E-state index in [2.05, 4.69) is 4.98 Å². The lowest BCUT2D eigenvalue weighted by Gasteiger charge is -2.23. The van der Waals surface area contributed by atoms with E-state index in [0.717, 1.165) is 29.3 Å². The first-order valence-electron chi connectivity index (χ1n) is 7.49. The fourth-order valence-electron chi connectivity index (χ4n) is 3.15. The normalized spacial score (nSPS) is 17.8. The van der Waals surface area contributed by atoms with Gasteiger partial charge in [-0.25, -0.2) is 0 Å². The summed E-state index contributed by atoms with van der Waals surface area (Å²) in [6, 6.07) is 9.48. The van der Waals surface area contributed by atoms with Crippen molar-refractivity contribution in [1.29, 1.82) is 0 Å². The van der Waals surface area contributed by atoms with Crippen molar-refractivity contribution in [3.8, 4) is 0 Å². The van der Waals surface area contributed by atoms with Gasteiger partial charge in [0.2, 0.25) is 5.91 Å². The van der Waals surface area contributed by atoms with Gasteiger partial charge in [-0.05, 0) is 24.5 Å². The van der Waals surface area contributed by atoms with Crippen LogP contribution >= 0.6 is 0 Å². The maximum absolute atomic E-state index is 12.6. The molecule has 0 radical (unpaired) electrons. The van der Waals surface area contributed by atoms with Gasteiger partial charge < -0.3 is 10.0 Å². The second kappa shape index (κ2) is 6.13. The molecule has 1 aliphatic rings. The number of pyridine rings is 1.